The van der Waals surface area contributed by atoms with Crippen molar-refractivity contribution in [1.82, 2.24) is 4.90 Å². The van der Waals surface area contributed by atoms with Crippen LogP contribution in [0.25, 0.3) is 0 Å². The highest BCUT2D eigenvalue weighted by Gasteiger charge is 2.36. The lowest BCUT2D eigenvalue weighted by molar-refractivity contribution is -0.145. The molecule has 0 aromatic carbocycles. The average Bonchev–Trinajstić information content (AvgIpc) is 2.63. The summed E-state index contributed by atoms with van der Waals surface area (Å²) in [4.78, 5) is 14.0. The Morgan fingerprint density at radius 3 is 2.35 bits per heavy atom. The van der Waals surface area contributed by atoms with E-state index in [0.29, 0.717) is 11.5 Å². The van der Waals surface area contributed by atoms with E-state index in [-0.39, 0.29) is 5.92 Å². The maximum Gasteiger partial charge on any atom is 0.308 e. The molecule has 1 aliphatic heterocycles. The number of aliphatic carboxylic acids is 1. The Hall–Kier alpha value is -0.570. The second kappa shape index (κ2) is 6.46. The molecule has 3 heteroatoms. The minimum Gasteiger partial charge on any atom is -0.481 e. The topological polar surface area (TPSA) is 40.5 Å². The van der Waals surface area contributed by atoms with Gasteiger partial charge in [0.15, 0.2) is 0 Å². The van der Waals surface area contributed by atoms with Crippen molar-refractivity contribution in [2.45, 2.75) is 71.8 Å². The summed E-state index contributed by atoms with van der Waals surface area (Å²) in [5.74, 6) is 0.0700. The van der Waals surface area contributed by atoms with Gasteiger partial charge in [-0.2, -0.15) is 0 Å². The van der Waals surface area contributed by atoms with Crippen molar-refractivity contribution >= 4 is 5.97 Å². The Kier molecular flexibility index (Phi) is 5.11. The smallest absolute Gasteiger partial charge is 0.308 e. The molecular formula is C17H31NO2. The first kappa shape index (κ1) is 15.8. The average molecular weight is 281 g/mol. The van der Waals surface area contributed by atoms with Gasteiger partial charge in [0.05, 0.1) is 5.92 Å². The molecule has 0 bridgehead atoms. The first-order valence-electron chi connectivity index (χ1n) is 8.36. The maximum absolute atomic E-state index is 11.5. The molecule has 1 saturated heterocycles. The van der Waals surface area contributed by atoms with Gasteiger partial charge < -0.3 is 5.11 Å². The van der Waals surface area contributed by atoms with Gasteiger partial charge in [-0.25, -0.2) is 0 Å². The maximum atomic E-state index is 11.5. The second-order valence-electron chi connectivity index (χ2n) is 7.83. The second-order valence-corrected chi connectivity index (χ2v) is 7.83. The van der Waals surface area contributed by atoms with E-state index in [2.05, 4.69) is 25.7 Å². The molecule has 20 heavy (non-hydrogen) atoms. The molecule has 3 atom stereocenters. The predicted molar refractivity (Wildman–Crippen MR) is 81.8 cm³/mol. The highest BCUT2D eigenvalue weighted by Crippen LogP contribution is 2.36. The summed E-state index contributed by atoms with van der Waals surface area (Å²) in [6, 6.07) is 0.292. The molecule has 0 radical (unpaired) electrons. The molecular weight excluding hydrogens is 250 g/mol. The fraction of sp³-hybridized carbons (Fsp3) is 0.941. The van der Waals surface area contributed by atoms with Gasteiger partial charge >= 0.3 is 5.97 Å². The molecule has 3 unspecified atom stereocenters. The minimum absolute atomic E-state index is 0.130. The number of hydrogen-bond donors (Lipinski definition) is 1. The van der Waals surface area contributed by atoms with Crippen LogP contribution in [0, 0.1) is 17.3 Å². The number of carbonyl (C=O) groups is 1. The van der Waals surface area contributed by atoms with Crippen molar-refractivity contribution in [3.63, 3.8) is 0 Å². The molecule has 1 N–H and O–H groups in total. The van der Waals surface area contributed by atoms with Crippen molar-refractivity contribution in [2.75, 3.05) is 13.1 Å². The summed E-state index contributed by atoms with van der Waals surface area (Å²) in [5, 5.41) is 9.46. The Labute approximate surface area is 123 Å². The lowest BCUT2D eigenvalue weighted by Crippen LogP contribution is -2.46. The van der Waals surface area contributed by atoms with Crippen molar-refractivity contribution < 1.29 is 9.90 Å². The number of carboxylic acid groups (broad SMARTS) is 1. The molecule has 1 heterocycles. The van der Waals surface area contributed by atoms with Crippen LogP contribution < -0.4 is 0 Å². The largest absolute Gasteiger partial charge is 0.481 e. The molecule has 2 aliphatic rings. The Balaban J connectivity index is 2.00. The van der Waals surface area contributed by atoms with Crippen LogP contribution in [0.3, 0.4) is 0 Å². The molecule has 0 aromatic heterocycles. The zero-order valence-corrected chi connectivity index (χ0v) is 13.4. The lowest BCUT2D eigenvalue weighted by Gasteiger charge is -2.38. The summed E-state index contributed by atoms with van der Waals surface area (Å²) in [6.07, 6.45) is 8.00. The summed E-state index contributed by atoms with van der Waals surface area (Å²) >= 11 is 0. The van der Waals surface area contributed by atoms with Crippen molar-refractivity contribution in [1.29, 1.82) is 0 Å². The van der Waals surface area contributed by atoms with Crippen LogP contribution in [0.1, 0.15) is 65.7 Å². The molecule has 3 nitrogen and oxygen atoms in total. The first-order valence-corrected chi connectivity index (χ1v) is 8.36. The molecule has 2 rings (SSSR count). The molecule has 0 amide bonds. The van der Waals surface area contributed by atoms with Gasteiger partial charge in [0.25, 0.3) is 0 Å². The van der Waals surface area contributed by atoms with E-state index in [0.717, 1.165) is 38.3 Å². The number of rotatable bonds is 2. The third-order valence-corrected chi connectivity index (χ3v) is 5.50. The highest BCUT2D eigenvalue weighted by molar-refractivity contribution is 5.71. The van der Waals surface area contributed by atoms with E-state index in [1.165, 1.54) is 25.7 Å². The van der Waals surface area contributed by atoms with E-state index in [1.807, 2.05) is 0 Å². The Morgan fingerprint density at radius 1 is 1.00 bits per heavy atom. The van der Waals surface area contributed by atoms with E-state index in [1.54, 1.807) is 0 Å². The van der Waals surface area contributed by atoms with Crippen molar-refractivity contribution in [2.24, 2.45) is 17.3 Å². The third kappa shape index (κ3) is 3.75. The van der Waals surface area contributed by atoms with Crippen molar-refractivity contribution in [3.05, 3.63) is 0 Å². The normalized spacial score (nSPS) is 33.6. The lowest BCUT2D eigenvalue weighted by atomic mass is 9.76. The quantitative estimate of drug-likeness (QED) is 0.837. The standard InChI is InChI=1S/C17H31NO2/c1-17(2,3)13-7-6-11-18(12-10-13)15-9-5-4-8-14(15)16(19)20/h13-15H,4-12H2,1-3H3,(H,19,20). The summed E-state index contributed by atoms with van der Waals surface area (Å²) in [7, 11) is 0. The predicted octanol–water partition coefficient (Wildman–Crippen LogP) is 3.78. The van der Waals surface area contributed by atoms with E-state index in [9.17, 15) is 9.90 Å². The zero-order chi connectivity index (χ0) is 14.8. The molecule has 0 aromatic rings. The van der Waals surface area contributed by atoms with Gasteiger partial charge in [-0.3, -0.25) is 9.69 Å². The first-order chi connectivity index (χ1) is 9.39. The van der Waals surface area contributed by atoms with Crippen LogP contribution in [-0.2, 0) is 4.79 Å². The van der Waals surface area contributed by atoms with E-state index < -0.39 is 5.97 Å². The van der Waals surface area contributed by atoms with Crippen LogP contribution in [-0.4, -0.2) is 35.1 Å². The zero-order valence-electron chi connectivity index (χ0n) is 13.4. The summed E-state index contributed by atoms with van der Waals surface area (Å²) in [6.45, 7) is 9.22. The molecule has 2 fully saturated rings. The fourth-order valence-electron chi connectivity index (χ4n) is 4.15. The van der Waals surface area contributed by atoms with Gasteiger partial charge in [0, 0.05) is 6.04 Å². The Morgan fingerprint density at radius 2 is 1.70 bits per heavy atom. The van der Waals surface area contributed by atoms with Gasteiger partial charge in [-0.05, 0) is 56.5 Å². The van der Waals surface area contributed by atoms with Gasteiger partial charge in [-0.1, -0.05) is 33.6 Å². The van der Waals surface area contributed by atoms with Crippen LogP contribution in [0.2, 0.25) is 0 Å². The number of nitrogens with zero attached hydrogens (tertiary/aromatic N) is 1. The molecule has 1 aliphatic carbocycles. The summed E-state index contributed by atoms with van der Waals surface area (Å²) < 4.78 is 0. The van der Waals surface area contributed by atoms with Crippen LogP contribution in [0.4, 0.5) is 0 Å². The third-order valence-electron chi connectivity index (χ3n) is 5.50. The monoisotopic (exact) mass is 281 g/mol. The van der Waals surface area contributed by atoms with Crippen LogP contribution in [0.15, 0.2) is 0 Å². The number of likely N-dealkylation sites (tertiary alicyclic amines) is 1. The van der Waals surface area contributed by atoms with E-state index in [4.69, 9.17) is 0 Å². The van der Waals surface area contributed by atoms with Gasteiger partial charge in [0.2, 0.25) is 0 Å². The Bertz CT molecular complexity index is 334. The van der Waals surface area contributed by atoms with Crippen LogP contribution >= 0.6 is 0 Å². The van der Waals surface area contributed by atoms with E-state index >= 15 is 0 Å². The number of carboxylic acids is 1. The highest BCUT2D eigenvalue weighted by atomic mass is 16.4. The molecule has 116 valence electrons. The van der Waals surface area contributed by atoms with Gasteiger partial charge in [-0.15, -0.1) is 0 Å². The minimum atomic E-state index is -0.577. The van der Waals surface area contributed by atoms with Crippen LogP contribution in [0.5, 0.6) is 0 Å². The summed E-state index contributed by atoms with van der Waals surface area (Å²) in [5.41, 5.74) is 0.384. The SMILES string of the molecule is CC(C)(C)C1CCCN(C2CCCCC2C(=O)O)CC1. The molecule has 0 spiro atoms. The number of hydrogen-bond acceptors (Lipinski definition) is 2. The van der Waals surface area contributed by atoms with Gasteiger partial charge in [0.1, 0.15) is 0 Å². The fourth-order valence-corrected chi connectivity index (χ4v) is 4.15. The molecule has 1 saturated carbocycles. The van der Waals surface area contributed by atoms with Crippen molar-refractivity contribution in [3.8, 4) is 0 Å².